The van der Waals surface area contributed by atoms with Crippen LogP contribution in [0, 0.1) is 28.6 Å². The average molecular weight is 283 g/mol. The van der Waals surface area contributed by atoms with Crippen LogP contribution < -0.4 is 4.74 Å². The van der Waals surface area contributed by atoms with Crippen LogP contribution in [0.4, 0.5) is 0 Å². The summed E-state index contributed by atoms with van der Waals surface area (Å²) in [6, 6.07) is 13.1. The molecule has 1 saturated heterocycles. The number of hydrogen-bond acceptors (Lipinski definition) is 4. The van der Waals surface area contributed by atoms with Gasteiger partial charge in [-0.2, -0.15) is 10.5 Å². The molecule has 0 saturated carbocycles. The molecule has 1 aromatic carbocycles. The first-order valence-electron chi connectivity index (χ1n) is 7.43. The molecule has 0 unspecified atom stereocenters. The number of ether oxygens (including phenoxy) is 1. The fraction of sp³-hybridized carbons (Fsp3) is 0.529. The van der Waals surface area contributed by atoms with Gasteiger partial charge in [0.1, 0.15) is 5.75 Å². The van der Waals surface area contributed by atoms with Crippen molar-refractivity contribution in [1.82, 2.24) is 4.90 Å². The Bertz CT molecular complexity index is 526. The minimum Gasteiger partial charge on any atom is -0.497 e. The molecule has 1 aliphatic heterocycles. The Balaban J connectivity index is 2.02. The maximum Gasteiger partial charge on any atom is 0.118 e. The van der Waals surface area contributed by atoms with E-state index in [1.54, 1.807) is 7.11 Å². The molecule has 0 radical (unpaired) electrons. The van der Waals surface area contributed by atoms with Gasteiger partial charge < -0.3 is 4.74 Å². The lowest BCUT2D eigenvalue weighted by Gasteiger charge is -2.26. The van der Waals surface area contributed by atoms with Crippen LogP contribution in [-0.2, 0) is 0 Å². The molecule has 4 nitrogen and oxygen atoms in total. The molecule has 2 atom stereocenters. The van der Waals surface area contributed by atoms with E-state index in [4.69, 9.17) is 10.00 Å². The Morgan fingerprint density at radius 1 is 1.33 bits per heavy atom. The van der Waals surface area contributed by atoms with Crippen molar-refractivity contribution < 1.29 is 4.74 Å². The second kappa shape index (κ2) is 7.67. The Morgan fingerprint density at radius 3 is 2.71 bits per heavy atom. The van der Waals surface area contributed by atoms with E-state index in [-0.39, 0.29) is 5.92 Å². The molecule has 0 aromatic heterocycles. The number of methoxy groups -OCH3 is 1. The maximum absolute atomic E-state index is 9.24. The van der Waals surface area contributed by atoms with Crippen LogP contribution in [0.5, 0.6) is 5.75 Å². The second-order valence-electron chi connectivity index (χ2n) is 5.45. The van der Waals surface area contributed by atoms with E-state index < -0.39 is 0 Å². The predicted molar refractivity (Wildman–Crippen MR) is 80.5 cm³/mol. The summed E-state index contributed by atoms with van der Waals surface area (Å²) in [6.45, 7) is 1.79. The number of nitrogens with zero attached hydrogens (tertiary/aromatic N) is 3. The summed E-state index contributed by atoms with van der Waals surface area (Å²) >= 11 is 0. The van der Waals surface area contributed by atoms with Gasteiger partial charge in [0.05, 0.1) is 25.2 Å². The highest BCUT2D eigenvalue weighted by atomic mass is 16.5. The lowest BCUT2D eigenvalue weighted by atomic mass is 10.0. The van der Waals surface area contributed by atoms with Gasteiger partial charge in [-0.25, -0.2) is 0 Å². The number of hydrogen-bond donors (Lipinski definition) is 0. The van der Waals surface area contributed by atoms with Crippen LogP contribution >= 0.6 is 0 Å². The largest absolute Gasteiger partial charge is 0.497 e. The van der Waals surface area contributed by atoms with Crippen LogP contribution in [0.25, 0.3) is 0 Å². The summed E-state index contributed by atoms with van der Waals surface area (Å²) in [5.41, 5.74) is 1.28. The van der Waals surface area contributed by atoms with E-state index in [0.717, 1.165) is 31.7 Å². The van der Waals surface area contributed by atoms with Crippen molar-refractivity contribution in [2.24, 2.45) is 5.92 Å². The number of rotatable bonds is 6. The highest BCUT2D eigenvalue weighted by molar-refractivity contribution is 5.29. The van der Waals surface area contributed by atoms with Crippen LogP contribution in [0.2, 0.25) is 0 Å². The smallest absolute Gasteiger partial charge is 0.118 e. The summed E-state index contributed by atoms with van der Waals surface area (Å²) in [5, 5.41) is 17.9. The number of nitriles is 2. The standard InChI is InChI=1S/C17H21N3O/c1-21-16-8-6-15(7-9-16)17-5-3-11-20(17)13-14(12-19)4-2-10-18/h6-9,14,17H,2-5,11,13H2,1H3/t14-,17-/m0/s1. The Labute approximate surface area is 126 Å². The lowest BCUT2D eigenvalue weighted by Crippen LogP contribution is -2.28. The van der Waals surface area contributed by atoms with Crippen molar-refractivity contribution in [1.29, 1.82) is 10.5 Å². The highest BCUT2D eigenvalue weighted by Crippen LogP contribution is 2.33. The summed E-state index contributed by atoms with van der Waals surface area (Å²) in [5.74, 6) is 0.815. The highest BCUT2D eigenvalue weighted by Gasteiger charge is 2.27. The second-order valence-corrected chi connectivity index (χ2v) is 5.45. The topological polar surface area (TPSA) is 60.0 Å². The average Bonchev–Trinajstić information content (AvgIpc) is 2.99. The third-order valence-electron chi connectivity index (χ3n) is 4.11. The molecule has 2 rings (SSSR count). The SMILES string of the molecule is COc1ccc([C@@H]2CCCN2C[C@H](C#N)CCC#N)cc1. The predicted octanol–water partition coefficient (Wildman–Crippen LogP) is 3.28. The molecule has 1 fully saturated rings. The Kier molecular flexibility index (Phi) is 5.60. The van der Waals surface area contributed by atoms with Gasteiger partial charge in [-0.3, -0.25) is 4.90 Å². The molecule has 0 bridgehead atoms. The van der Waals surface area contributed by atoms with E-state index >= 15 is 0 Å². The molecule has 1 heterocycles. The zero-order chi connectivity index (χ0) is 15.1. The first-order chi connectivity index (χ1) is 10.3. The van der Waals surface area contributed by atoms with Crippen molar-refractivity contribution in [2.75, 3.05) is 20.2 Å². The Morgan fingerprint density at radius 2 is 2.10 bits per heavy atom. The number of benzene rings is 1. The molecule has 4 heteroatoms. The fourth-order valence-corrected chi connectivity index (χ4v) is 2.97. The first-order valence-corrected chi connectivity index (χ1v) is 7.43. The summed E-state index contributed by atoms with van der Waals surface area (Å²) in [4.78, 5) is 2.38. The van der Waals surface area contributed by atoms with Crippen LogP contribution in [0.1, 0.15) is 37.3 Å². The molecule has 1 aromatic rings. The van der Waals surface area contributed by atoms with Gasteiger partial charge in [-0.15, -0.1) is 0 Å². The molecule has 1 aliphatic rings. The van der Waals surface area contributed by atoms with Crippen LogP contribution in [-0.4, -0.2) is 25.1 Å². The first kappa shape index (κ1) is 15.4. The normalized spacial score (nSPS) is 19.7. The van der Waals surface area contributed by atoms with Crippen molar-refractivity contribution in [3.63, 3.8) is 0 Å². The van der Waals surface area contributed by atoms with Crippen LogP contribution in [0.3, 0.4) is 0 Å². The van der Waals surface area contributed by atoms with Crippen LogP contribution in [0.15, 0.2) is 24.3 Å². The monoisotopic (exact) mass is 283 g/mol. The molecular weight excluding hydrogens is 262 g/mol. The van der Waals surface area contributed by atoms with Crippen molar-refractivity contribution in [3.8, 4) is 17.9 Å². The third kappa shape index (κ3) is 3.97. The molecular formula is C17H21N3O. The van der Waals surface area contributed by atoms with E-state index in [2.05, 4.69) is 29.2 Å². The summed E-state index contributed by atoms with van der Waals surface area (Å²) in [6.07, 6.45) is 3.41. The van der Waals surface area contributed by atoms with E-state index in [1.165, 1.54) is 5.56 Å². The molecule has 0 spiro atoms. The van der Waals surface area contributed by atoms with Gasteiger partial charge in [0, 0.05) is 19.0 Å². The van der Waals surface area contributed by atoms with Gasteiger partial charge in [-0.05, 0) is 43.5 Å². The zero-order valence-electron chi connectivity index (χ0n) is 12.5. The van der Waals surface area contributed by atoms with Gasteiger partial charge in [0.15, 0.2) is 0 Å². The fourth-order valence-electron chi connectivity index (χ4n) is 2.97. The molecule has 0 aliphatic carbocycles. The van der Waals surface area contributed by atoms with E-state index in [0.29, 0.717) is 18.9 Å². The Hall–Kier alpha value is -2.04. The molecule has 0 amide bonds. The van der Waals surface area contributed by atoms with Gasteiger partial charge in [0.2, 0.25) is 0 Å². The van der Waals surface area contributed by atoms with Gasteiger partial charge in [-0.1, -0.05) is 12.1 Å². The van der Waals surface area contributed by atoms with Gasteiger partial charge >= 0.3 is 0 Å². The van der Waals surface area contributed by atoms with Crippen molar-refractivity contribution in [3.05, 3.63) is 29.8 Å². The summed E-state index contributed by atoms with van der Waals surface area (Å²) in [7, 11) is 1.67. The quantitative estimate of drug-likeness (QED) is 0.804. The van der Waals surface area contributed by atoms with E-state index in [1.807, 2.05) is 12.1 Å². The number of likely N-dealkylation sites (tertiary alicyclic amines) is 1. The zero-order valence-corrected chi connectivity index (χ0v) is 12.5. The third-order valence-corrected chi connectivity index (χ3v) is 4.11. The minimum atomic E-state index is -0.0523. The molecule has 0 N–H and O–H groups in total. The minimum absolute atomic E-state index is 0.0523. The molecule has 110 valence electrons. The summed E-state index contributed by atoms with van der Waals surface area (Å²) < 4.78 is 5.20. The van der Waals surface area contributed by atoms with Gasteiger partial charge in [0.25, 0.3) is 0 Å². The van der Waals surface area contributed by atoms with E-state index in [9.17, 15) is 5.26 Å². The van der Waals surface area contributed by atoms with Crippen molar-refractivity contribution in [2.45, 2.75) is 31.7 Å². The lowest BCUT2D eigenvalue weighted by molar-refractivity contribution is 0.230. The molecule has 21 heavy (non-hydrogen) atoms. The maximum atomic E-state index is 9.24. The van der Waals surface area contributed by atoms with Crippen molar-refractivity contribution >= 4 is 0 Å².